The fraction of sp³-hybridized carbons (Fsp3) is 0.435. The number of halogens is 2. The van der Waals surface area contributed by atoms with E-state index in [9.17, 15) is 17.6 Å². The lowest BCUT2D eigenvalue weighted by Crippen LogP contribution is -2.30. The van der Waals surface area contributed by atoms with Crippen molar-refractivity contribution in [1.29, 1.82) is 0 Å². The van der Waals surface area contributed by atoms with Crippen molar-refractivity contribution in [2.75, 3.05) is 17.1 Å². The predicted octanol–water partition coefficient (Wildman–Crippen LogP) is 5.50. The average Bonchev–Trinajstić information content (AvgIpc) is 2.72. The second-order valence-electron chi connectivity index (χ2n) is 7.69. The minimum absolute atomic E-state index is 0.0230. The first-order chi connectivity index (χ1) is 14.7. The minimum Gasteiger partial charge on any atom is -0.352 e. The number of anilines is 1. The van der Waals surface area contributed by atoms with Gasteiger partial charge in [-0.1, -0.05) is 61.2 Å². The summed E-state index contributed by atoms with van der Waals surface area (Å²) < 4.78 is 40.5. The number of nitrogens with one attached hydrogen (secondary N) is 1. The van der Waals surface area contributed by atoms with Gasteiger partial charge in [0.05, 0.1) is 18.5 Å². The molecule has 1 atom stereocenters. The quantitative estimate of drug-likeness (QED) is 0.432. The van der Waals surface area contributed by atoms with Gasteiger partial charge in [0.2, 0.25) is 10.0 Å². The molecule has 0 aliphatic carbocycles. The van der Waals surface area contributed by atoms with E-state index < -0.39 is 15.8 Å². The Kier molecular flexibility index (Phi) is 9.50. The topological polar surface area (TPSA) is 66.5 Å². The Bertz CT molecular complexity index is 981. The molecule has 5 nitrogen and oxygen atoms in total. The summed E-state index contributed by atoms with van der Waals surface area (Å²) in [6.45, 7) is 4.89. The van der Waals surface area contributed by atoms with Crippen LogP contribution in [-0.4, -0.2) is 27.1 Å². The largest absolute Gasteiger partial charge is 0.352 e. The number of carbonyl (C=O) groups is 1. The van der Waals surface area contributed by atoms with Gasteiger partial charge in [-0.3, -0.25) is 9.10 Å². The van der Waals surface area contributed by atoms with E-state index in [1.54, 1.807) is 30.3 Å². The van der Waals surface area contributed by atoms with Crippen molar-refractivity contribution >= 4 is 37.5 Å². The fourth-order valence-corrected chi connectivity index (χ4v) is 4.50. The fourth-order valence-electron chi connectivity index (χ4n) is 3.27. The molecular formula is C23H30BrFN2O3S. The molecule has 8 heteroatoms. The van der Waals surface area contributed by atoms with Gasteiger partial charge in [0.25, 0.3) is 5.91 Å². The van der Waals surface area contributed by atoms with E-state index in [0.29, 0.717) is 28.1 Å². The Labute approximate surface area is 193 Å². The molecule has 0 unspecified atom stereocenters. The Morgan fingerprint density at radius 3 is 2.39 bits per heavy atom. The Morgan fingerprint density at radius 1 is 1.16 bits per heavy atom. The Morgan fingerprint density at radius 2 is 1.84 bits per heavy atom. The molecule has 1 N–H and O–H groups in total. The lowest BCUT2D eigenvalue weighted by Gasteiger charge is -2.23. The number of hydrogen-bond acceptors (Lipinski definition) is 3. The number of hydrogen-bond donors (Lipinski definition) is 1. The molecular weight excluding hydrogens is 483 g/mol. The van der Waals surface area contributed by atoms with Crippen molar-refractivity contribution in [2.24, 2.45) is 5.92 Å². The highest BCUT2D eigenvalue weighted by atomic mass is 79.9. The maximum absolute atomic E-state index is 14.4. The van der Waals surface area contributed by atoms with Crippen LogP contribution in [0, 0.1) is 11.7 Å². The molecule has 31 heavy (non-hydrogen) atoms. The first-order valence-corrected chi connectivity index (χ1v) is 13.1. The normalized spacial score (nSPS) is 12.4. The van der Waals surface area contributed by atoms with Gasteiger partial charge in [-0.25, -0.2) is 12.8 Å². The number of unbranched alkanes of at least 4 members (excludes halogenated alkanes) is 1. The average molecular weight is 513 g/mol. The zero-order valence-corrected chi connectivity index (χ0v) is 20.6. The van der Waals surface area contributed by atoms with Gasteiger partial charge in [0, 0.05) is 16.6 Å². The second kappa shape index (κ2) is 11.6. The highest BCUT2D eigenvalue weighted by Crippen LogP contribution is 2.27. The Hall–Kier alpha value is -1.93. The second-order valence-corrected chi connectivity index (χ2v) is 10.5. The first kappa shape index (κ1) is 25.3. The van der Waals surface area contributed by atoms with E-state index in [0.717, 1.165) is 36.2 Å². The van der Waals surface area contributed by atoms with Gasteiger partial charge in [0.15, 0.2) is 0 Å². The zero-order valence-electron chi connectivity index (χ0n) is 18.2. The summed E-state index contributed by atoms with van der Waals surface area (Å²) in [5.41, 5.74) is 1.14. The molecule has 2 aromatic rings. The van der Waals surface area contributed by atoms with Crippen molar-refractivity contribution in [2.45, 2.75) is 46.1 Å². The van der Waals surface area contributed by atoms with E-state index in [-0.39, 0.29) is 18.1 Å². The highest BCUT2D eigenvalue weighted by Gasteiger charge is 2.21. The number of sulfonamides is 1. The van der Waals surface area contributed by atoms with Crippen LogP contribution in [-0.2, 0) is 16.6 Å². The molecule has 0 radical (unpaired) electrons. The monoisotopic (exact) mass is 512 g/mol. The highest BCUT2D eigenvalue weighted by molar-refractivity contribution is 9.10. The van der Waals surface area contributed by atoms with E-state index in [4.69, 9.17) is 0 Å². The third kappa shape index (κ3) is 7.61. The van der Waals surface area contributed by atoms with Crippen LogP contribution in [0.5, 0.6) is 0 Å². The maximum Gasteiger partial charge on any atom is 0.251 e. The summed E-state index contributed by atoms with van der Waals surface area (Å²) in [4.78, 5) is 12.5. The van der Waals surface area contributed by atoms with Crippen LogP contribution >= 0.6 is 15.9 Å². The van der Waals surface area contributed by atoms with E-state index >= 15 is 0 Å². The lowest BCUT2D eigenvalue weighted by atomic mass is 9.99. The number of amides is 1. The van der Waals surface area contributed by atoms with E-state index in [1.807, 2.05) is 0 Å². The van der Waals surface area contributed by atoms with Gasteiger partial charge in [0.1, 0.15) is 5.82 Å². The van der Waals surface area contributed by atoms with Gasteiger partial charge in [-0.05, 0) is 48.2 Å². The third-order valence-electron chi connectivity index (χ3n) is 5.22. The van der Waals surface area contributed by atoms with Gasteiger partial charge in [-0.2, -0.15) is 0 Å². The third-order valence-corrected chi connectivity index (χ3v) is 6.84. The SMILES string of the molecule is CCCC[C@@H](CC)CNC(=O)c1ccc(CN(c2ccc(Br)cc2F)S(C)(=O)=O)cc1. The van der Waals surface area contributed by atoms with Crippen molar-refractivity contribution in [3.8, 4) is 0 Å². The summed E-state index contributed by atoms with van der Waals surface area (Å²) in [5, 5.41) is 2.98. The van der Waals surface area contributed by atoms with Crippen LogP contribution in [0.3, 0.4) is 0 Å². The van der Waals surface area contributed by atoms with Crippen molar-refractivity contribution < 1.29 is 17.6 Å². The molecule has 0 fully saturated rings. The molecule has 0 saturated heterocycles. The number of carbonyl (C=O) groups excluding carboxylic acids is 1. The molecule has 170 valence electrons. The van der Waals surface area contributed by atoms with Crippen molar-refractivity contribution in [3.63, 3.8) is 0 Å². The molecule has 0 heterocycles. The summed E-state index contributed by atoms with van der Waals surface area (Å²) in [6, 6.07) is 11.0. The number of benzene rings is 2. The van der Waals surface area contributed by atoms with Crippen LogP contribution in [0.15, 0.2) is 46.9 Å². The molecule has 0 saturated carbocycles. The van der Waals surface area contributed by atoms with Crippen LogP contribution in [0.2, 0.25) is 0 Å². The van der Waals surface area contributed by atoms with Gasteiger partial charge < -0.3 is 5.32 Å². The van der Waals surface area contributed by atoms with E-state index in [1.165, 1.54) is 12.1 Å². The molecule has 2 rings (SSSR count). The minimum atomic E-state index is -3.71. The van der Waals surface area contributed by atoms with Crippen molar-refractivity contribution in [1.82, 2.24) is 5.32 Å². The first-order valence-electron chi connectivity index (χ1n) is 10.5. The van der Waals surface area contributed by atoms with Gasteiger partial charge in [-0.15, -0.1) is 0 Å². The van der Waals surface area contributed by atoms with Crippen LogP contribution in [0.25, 0.3) is 0 Å². The smallest absolute Gasteiger partial charge is 0.251 e. The predicted molar refractivity (Wildman–Crippen MR) is 127 cm³/mol. The molecule has 0 spiro atoms. The summed E-state index contributed by atoms with van der Waals surface area (Å²) in [5.74, 6) is -0.322. The molecule has 1 amide bonds. The summed E-state index contributed by atoms with van der Waals surface area (Å²) in [7, 11) is -3.71. The Balaban J connectivity index is 2.09. The molecule has 0 aliphatic rings. The molecule has 0 bridgehead atoms. The number of nitrogens with zero attached hydrogens (tertiary/aromatic N) is 1. The van der Waals surface area contributed by atoms with Crippen LogP contribution in [0.4, 0.5) is 10.1 Å². The van der Waals surface area contributed by atoms with Crippen LogP contribution < -0.4 is 9.62 Å². The molecule has 2 aromatic carbocycles. The van der Waals surface area contributed by atoms with Crippen molar-refractivity contribution in [3.05, 3.63) is 63.9 Å². The zero-order chi connectivity index (χ0) is 23.0. The maximum atomic E-state index is 14.4. The van der Waals surface area contributed by atoms with Gasteiger partial charge >= 0.3 is 0 Å². The number of rotatable bonds is 11. The van der Waals surface area contributed by atoms with E-state index in [2.05, 4.69) is 35.1 Å². The summed E-state index contributed by atoms with van der Waals surface area (Å²) >= 11 is 3.18. The standard InChI is InChI=1S/C23H30BrFN2O3S/c1-4-6-7-17(5-2)15-26-23(28)19-10-8-18(9-11-19)16-27(31(3,29)30)22-13-12-20(24)14-21(22)25/h8-14,17H,4-7,15-16H2,1-3H3,(H,26,28)/t17-/m1/s1. The van der Waals surface area contributed by atoms with Crippen LogP contribution in [0.1, 0.15) is 55.5 Å². The summed E-state index contributed by atoms with van der Waals surface area (Å²) in [6.07, 6.45) is 5.45. The molecule has 0 aromatic heterocycles. The molecule has 0 aliphatic heterocycles. The lowest BCUT2D eigenvalue weighted by molar-refractivity contribution is 0.0946.